The van der Waals surface area contributed by atoms with Crippen molar-refractivity contribution in [2.24, 2.45) is 5.73 Å². The Hall–Kier alpha value is -1.62. The normalized spacial score (nSPS) is 9.93. The van der Waals surface area contributed by atoms with Gasteiger partial charge in [-0.3, -0.25) is 10.4 Å². The number of amidine groups is 1. The maximum absolute atomic E-state index is 7.21. The summed E-state index contributed by atoms with van der Waals surface area (Å²) in [5.41, 5.74) is 5.72. The summed E-state index contributed by atoms with van der Waals surface area (Å²) in [6.45, 7) is 3.64. The van der Waals surface area contributed by atoms with Crippen molar-refractivity contribution in [1.29, 1.82) is 5.41 Å². The molecule has 1 aromatic heterocycles. The van der Waals surface area contributed by atoms with Crippen molar-refractivity contribution in [1.82, 2.24) is 4.98 Å². The topological polar surface area (TPSA) is 81.2 Å². The number of nitrogens with one attached hydrogen (secondary N) is 1. The van der Waals surface area contributed by atoms with Crippen LogP contribution in [-0.2, 0) is 4.74 Å². The highest BCUT2D eigenvalue weighted by Gasteiger charge is 2.00. The summed E-state index contributed by atoms with van der Waals surface area (Å²) < 4.78 is 10.5. The number of nitrogen functional groups attached to an aromatic ring is 1. The van der Waals surface area contributed by atoms with Crippen LogP contribution in [0.15, 0.2) is 18.3 Å². The van der Waals surface area contributed by atoms with E-state index in [2.05, 4.69) is 4.98 Å². The summed E-state index contributed by atoms with van der Waals surface area (Å²) >= 11 is 0. The molecule has 0 bridgehead atoms. The van der Waals surface area contributed by atoms with E-state index in [1.54, 1.807) is 18.3 Å². The number of ether oxygens (including phenoxy) is 2. The molecule has 3 N–H and O–H groups in total. The quantitative estimate of drug-likeness (QED) is 0.412. The fourth-order valence-electron chi connectivity index (χ4n) is 1.01. The minimum absolute atomic E-state index is 0.0646. The Labute approximate surface area is 88.7 Å². The number of pyridine rings is 1. The van der Waals surface area contributed by atoms with Crippen molar-refractivity contribution in [3.8, 4) is 5.75 Å². The number of rotatable bonds is 6. The van der Waals surface area contributed by atoms with E-state index in [1.807, 2.05) is 6.92 Å². The predicted molar refractivity (Wildman–Crippen MR) is 57.2 cm³/mol. The van der Waals surface area contributed by atoms with Crippen LogP contribution in [0.1, 0.15) is 12.6 Å². The van der Waals surface area contributed by atoms with Gasteiger partial charge in [0.1, 0.15) is 23.9 Å². The molecule has 0 atom stereocenters. The molecule has 1 aromatic rings. The monoisotopic (exact) mass is 209 g/mol. The predicted octanol–water partition coefficient (Wildman–Crippen LogP) is 0.781. The van der Waals surface area contributed by atoms with Crippen LogP contribution in [0.5, 0.6) is 5.75 Å². The van der Waals surface area contributed by atoms with Crippen LogP contribution >= 0.6 is 0 Å². The Morgan fingerprint density at radius 2 is 2.33 bits per heavy atom. The molecule has 1 rings (SSSR count). The van der Waals surface area contributed by atoms with Crippen molar-refractivity contribution in [2.45, 2.75) is 6.92 Å². The molecular weight excluding hydrogens is 194 g/mol. The van der Waals surface area contributed by atoms with Crippen molar-refractivity contribution >= 4 is 5.84 Å². The van der Waals surface area contributed by atoms with Gasteiger partial charge in [-0.25, -0.2) is 0 Å². The minimum Gasteiger partial charge on any atom is -0.491 e. The Bertz CT molecular complexity index is 328. The Balaban J connectivity index is 2.47. The average Bonchev–Trinajstić information content (AvgIpc) is 2.25. The zero-order chi connectivity index (χ0) is 11.1. The fraction of sp³-hybridized carbons (Fsp3) is 0.400. The number of hydrogen-bond donors (Lipinski definition) is 2. The van der Waals surface area contributed by atoms with Crippen molar-refractivity contribution in [3.63, 3.8) is 0 Å². The molecule has 15 heavy (non-hydrogen) atoms. The van der Waals surface area contributed by atoms with E-state index in [0.717, 1.165) is 0 Å². The highest BCUT2D eigenvalue weighted by atomic mass is 16.5. The molecule has 1 heterocycles. The van der Waals surface area contributed by atoms with E-state index in [9.17, 15) is 0 Å². The van der Waals surface area contributed by atoms with Crippen molar-refractivity contribution < 1.29 is 9.47 Å². The third kappa shape index (κ3) is 3.95. The summed E-state index contributed by atoms with van der Waals surface area (Å²) in [6.07, 6.45) is 1.56. The highest BCUT2D eigenvalue weighted by molar-refractivity contribution is 5.93. The van der Waals surface area contributed by atoms with Gasteiger partial charge in [-0.15, -0.1) is 0 Å². The molecule has 0 fully saturated rings. The first kappa shape index (κ1) is 11.5. The van der Waals surface area contributed by atoms with E-state index in [0.29, 0.717) is 31.3 Å². The smallest absolute Gasteiger partial charge is 0.141 e. The van der Waals surface area contributed by atoms with Crippen LogP contribution in [0.25, 0.3) is 0 Å². The van der Waals surface area contributed by atoms with Crippen molar-refractivity contribution in [3.05, 3.63) is 24.0 Å². The molecule has 0 spiro atoms. The standard InChI is InChI=1S/C10H15N3O2/c1-2-14-5-6-15-8-3-4-13-9(7-8)10(11)12/h3-4,7H,2,5-6H2,1H3,(H3,11,12). The molecule has 0 aliphatic heterocycles. The Morgan fingerprint density at radius 1 is 1.53 bits per heavy atom. The third-order valence-corrected chi connectivity index (χ3v) is 1.71. The first-order valence-electron chi connectivity index (χ1n) is 4.75. The molecule has 5 heteroatoms. The maximum atomic E-state index is 7.21. The molecule has 0 radical (unpaired) electrons. The van der Waals surface area contributed by atoms with E-state index in [4.69, 9.17) is 20.6 Å². The summed E-state index contributed by atoms with van der Waals surface area (Å²) in [5, 5.41) is 7.21. The van der Waals surface area contributed by atoms with Gasteiger partial charge in [0.15, 0.2) is 0 Å². The first-order chi connectivity index (χ1) is 7.24. The lowest BCUT2D eigenvalue weighted by atomic mass is 10.3. The molecule has 0 saturated heterocycles. The Kier molecular flexibility index (Phi) is 4.56. The van der Waals surface area contributed by atoms with Gasteiger partial charge >= 0.3 is 0 Å². The van der Waals surface area contributed by atoms with Gasteiger partial charge in [-0.05, 0) is 13.0 Å². The van der Waals surface area contributed by atoms with E-state index in [1.165, 1.54) is 0 Å². The van der Waals surface area contributed by atoms with Crippen molar-refractivity contribution in [2.75, 3.05) is 19.8 Å². The SMILES string of the molecule is CCOCCOc1ccnc(C(=N)N)c1. The number of aromatic nitrogens is 1. The Morgan fingerprint density at radius 3 is 3.00 bits per heavy atom. The second-order valence-corrected chi connectivity index (χ2v) is 2.84. The highest BCUT2D eigenvalue weighted by Crippen LogP contribution is 2.10. The zero-order valence-corrected chi connectivity index (χ0v) is 8.69. The van der Waals surface area contributed by atoms with Gasteiger partial charge < -0.3 is 15.2 Å². The molecule has 0 amide bonds. The lowest BCUT2D eigenvalue weighted by Gasteiger charge is -2.06. The number of nitrogens with two attached hydrogens (primary N) is 1. The molecule has 0 saturated carbocycles. The van der Waals surface area contributed by atoms with Crippen LogP contribution in [0.2, 0.25) is 0 Å². The molecule has 5 nitrogen and oxygen atoms in total. The molecule has 0 unspecified atom stereocenters. The van der Waals surface area contributed by atoms with Crippen LogP contribution in [0.4, 0.5) is 0 Å². The molecule has 0 aliphatic rings. The number of hydrogen-bond acceptors (Lipinski definition) is 4. The molecule has 0 aliphatic carbocycles. The van der Waals surface area contributed by atoms with Crippen LogP contribution in [-0.4, -0.2) is 30.6 Å². The zero-order valence-electron chi connectivity index (χ0n) is 8.69. The van der Waals surface area contributed by atoms with Crippen LogP contribution in [0, 0.1) is 5.41 Å². The third-order valence-electron chi connectivity index (χ3n) is 1.71. The van der Waals surface area contributed by atoms with Gasteiger partial charge in [-0.2, -0.15) is 0 Å². The van der Waals surface area contributed by atoms with Gasteiger partial charge in [0.2, 0.25) is 0 Å². The minimum atomic E-state index is -0.0646. The van der Waals surface area contributed by atoms with Crippen LogP contribution < -0.4 is 10.5 Å². The maximum Gasteiger partial charge on any atom is 0.141 e. The summed E-state index contributed by atoms with van der Waals surface area (Å²) in [5.74, 6) is 0.583. The van der Waals surface area contributed by atoms with E-state index >= 15 is 0 Å². The fourth-order valence-corrected chi connectivity index (χ4v) is 1.01. The lowest BCUT2D eigenvalue weighted by molar-refractivity contribution is 0.110. The van der Waals surface area contributed by atoms with Gasteiger partial charge in [-0.1, -0.05) is 0 Å². The average molecular weight is 209 g/mol. The first-order valence-corrected chi connectivity index (χ1v) is 4.75. The van der Waals surface area contributed by atoms with E-state index < -0.39 is 0 Å². The lowest BCUT2D eigenvalue weighted by Crippen LogP contribution is -2.13. The van der Waals surface area contributed by atoms with Gasteiger partial charge in [0.25, 0.3) is 0 Å². The van der Waals surface area contributed by atoms with Gasteiger partial charge in [0, 0.05) is 18.9 Å². The second kappa shape index (κ2) is 5.98. The number of nitrogens with zero attached hydrogens (tertiary/aromatic N) is 1. The second-order valence-electron chi connectivity index (χ2n) is 2.84. The summed E-state index contributed by atoms with van der Waals surface area (Å²) in [6, 6.07) is 3.35. The molecule has 0 aromatic carbocycles. The summed E-state index contributed by atoms with van der Waals surface area (Å²) in [7, 11) is 0. The molecular formula is C10H15N3O2. The molecule has 82 valence electrons. The van der Waals surface area contributed by atoms with Gasteiger partial charge in [0.05, 0.1) is 6.61 Å². The largest absolute Gasteiger partial charge is 0.491 e. The summed E-state index contributed by atoms with van der Waals surface area (Å²) in [4.78, 5) is 3.92. The van der Waals surface area contributed by atoms with E-state index in [-0.39, 0.29) is 5.84 Å². The van der Waals surface area contributed by atoms with Crippen LogP contribution in [0.3, 0.4) is 0 Å².